The van der Waals surface area contributed by atoms with Gasteiger partial charge >= 0.3 is 0 Å². The molecule has 1 aliphatic heterocycles. The minimum Gasteiger partial charge on any atom is -0.492 e. The predicted molar refractivity (Wildman–Crippen MR) is 155 cm³/mol. The number of aromatic nitrogens is 3. The van der Waals surface area contributed by atoms with Crippen molar-refractivity contribution in [1.82, 2.24) is 14.8 Å². The number of anilines is 2. The van der Waals surface area contributed by atoms with Crippen molar-refractivity contribution in [2.24, 2.45) is 0 Å². The Morgan fingerprint density at radius 2 is 1.82 bits per heavy atom. The molecular formula is C29H37N5O4S. The summed E-state index contributed by atoms with van der Waals surface area (Å²) in [5, 5.41) is 11.8. The number of nitrogens with one attached hydrogen (secondary N) is 2. The minimum atomic E-state index is -0.545. The summed E-state index contributed by atoms with van der Waals surface area (Å²) in [5.74, 6) is 3.10. The molecule has 2 heterocycles. The summed E-state index contributed by atoms with van der Waals surface area (Å²) in [6.07, 6.45) is 0.993. The fourth-order valence-electron chi connectivity index (χ4n) is 4.34. The van der Waals surface area contributed by atoms with Gasteiger partial charge in [-0.25, -0.2) is 4.68 Å². The molecule has 0 aliphatic carbocycles. The number of para-hydroxylation sites is 2. The third kappa shape index (κ3) is 6.50. The van der Waals surface area contributed by atoms with E-state index in [1.54, 1.807) is 16.4 Å². The largest absolute Gasteiger partial charge is 0.492 e. The minimum absolute atomic E-state index is 0.0112. The van der Waals surface area contributed by atoms with Crippen LogP contribution in [0.5, 0.6) is 17.2 Å². The van der Waals surface area contributed by atoms with Gasteiger partial charge in [0.15, 0.2) is 11.5 Å². The Kier molecular flexibility index (Phi) is 9.40. The molecule has 0 saturated heterocycles. The first kappa shape index (κ1) is 28.4. The number of allylic oxidation sites excluding steroid dienone is 1. The van der Waals surface area contributed by atoms with E-state index in [2.05, 4.69) is 17.6 Å². The zero-order chi connectivity index (χ0) is 27.9. The molecule has 2 N–H and O–H groups in total. The van der Waals surface area contributed by atoms with E-state index in [-0.39, 0.29) is 12.0 Å². The van der Waals surface area contributed by atoms with Crippen molar-refractivity contribution in [3.05, 3.63) is 59.3 Å². The topological polar surface area (TPSA) is 99.5 Å². The van der Waals surface area contributed by atoms with Crippen molar-refractivity contribution in [2.75, 3.05) is 29.6 Å². The van der Waals surface area contributed by atoms with E-state index >= 15 is 0 Å². The predicted octanol–water partition coefficient (Wildman–Crippen LogP) is 6.29. The lowest BCUT2D eigenvalue weighted by molar-refractivity contribution is -0.113. The van der Waals surface area contributed by atoms with Crippen LogP contribution in [0.4, 0.5) is 11.6 Å². The monoisotopic (exact) mass is 551 g/mol. The summed E-state index contributed by atoms with van der Waals surface area (Å²) in [6, 6.07) is 12.6. The van der Waals surface area contributed by atoms with Crippen LogP contribution in [0.1, 0.15) is 59.6 Å². The van der Waals surface area contributed by atoms with E-state index in [1.165, 1.54) is 0 Å². The van der Waals surface area contributed by atoms with Crippen LogP contribution in [-0.4, -0.2) is 45.7 Å². The van der Waals surface area contributed by atoms with Crippen molar-refractivity contribution < 1.29 is 19.0 Å². The summed E-state index contributed by atoms with van der Waals surface area (Å²) in [6.45, 7) is 12.8. The number of amides is 1. The van der Waals surface area contributed by atoms with Crippen molar-refractivity contribution in [3.8, 4) is 17.2 Å². The van der Waals surface area contributed by atoms with E-state index in [0.717, 1.165) is 17.7 Å². The molecule has 0 spiro atoms. The molecule has 1 atom stereocenters. The molecule has 1 aliphatic rings. The molecule has 3 aromatic rings. The number of hydrogen-bond donors (Lipinski definition) is 2. The molecule has 9 nitrogen and oxygen atoms in total. The Bertz CT molecular complexity index is 1340. The second-order valence-corrected chi connectivity index (χ2v) is 10.3. The van der Waals surface area contributed by atoms with E-state index in [1.807, 2.05) is 77.1 Å². The molecule has 4 rings (SSSR count). The number of ether oxygens (including phenoxy) is 3. The van der Waals surface area contributed by atoms with E-state index in [0.29, 0.717) is 58.5 Å². The average molecular weight is 552 g/mol. The Balaban J connectivity index is 1.80. The summed E-state index contributed by atoms with van der Waals surface area (Å²) in [7, 11) is 0. The molecule has 1 unspecified atom stereocenters. The van der Waals surface area contributed by atoms with Crippen LogP contribution in [0.2, 0.25) is 0 Å². The lowest BCUT2D eigenvalue weighted by Gasteiger charge is -2.29. The van der Waals surface area contributed by atoms with Gasteiger partial charge in [-0.2, -0.15) is 4.98 Å². The third-order valence-electron chi connectivity index (χ3n) is 5.89. The normalized spacial score (nSPS) is 14.6. The van der Waals surface area contributed by atoms with Crippen LogP contribution in [0, 0.1) is 0 Å². The highest BCUT2D eigenvalue weighted by Crippen LogP contribution is 2.40. The Hall–Kier alpha value is -3.66. The summed E-state index contributed by atoms with van der Waals surface area (Å²) < 4.78 is 19.5. The van der Waals surface area contributed by atoms with Gasteiger partial charge in [-0.1, -0.05) is 36.9 Å². The molecule has 0 bridgehead atoms. The number of rotatable bonds is 12. The van der Waals surface area contributed by atoms with Crippen LogP contribution < -0.4 is 24.8 Å². The quantitative estimate of drug-likeness (QED) is 0.253. The zero-order valence-corrected chi connectivity index (χ0v) is 24.2. The second-order valence-electron chi connectivity index (χ2n) is 9.27. The maximum Gasteiger partial charge on any atom is 0.255 e. The first-order valence-corrected chi connectivity index (χ1v) is 14.4. The molecule has 0 fully saturated rings. The fourth-order valence-corrected chi connectivity index (χ4v) is 5.03. The van der Waals surface area contributed by atoms with Crippen molar-refractivity contribution in [1.29, 1.82) is 0 Å². The first-order chi connectivity index (χ1) is 18.9. The molecule has 39 heavy (non-hydrogen) atoms. The Morgan fingerprint density at radius 3 is 2.54 bits per heavy atom. The summed E-state index contributed by atoms with van der Waals surface area (Å²) in [5.41, 5.74) is 2.64. The zero-order valence-electron chi connectivity index (χ0n) is 23.4. The van der Waals surface area contributed by atoms with Crippen LogP contribution >= 0.6 is 11.8 Å². The van der Waals surface area contributed by atoms with Gasteiger partial charge in [-0.15, -0.1) is 5.10 Å². The van der Waals surface area contributed by atoms with Crippen LogP contribution in [0.15, 0.2) is 58.9 Å². The standard InChI is InChI=1S/C29H37N5O4S/c1-7-16-39-29-32-28-30-19(6)25(27(35)31-21-12-10-11-13-22(21)36-8-2)26(34(28)33-29)20-14-15-23(38-18(4)5)24(17-20)37-9-3/h10-15,17-18,26H,7-9,16H2,1-6H3,(H,31,35)(H,30,32,33). The number of thioether (sulfide) groups is 1. The fraction of sp³-hybridized carbons (Fsp3) is 0.414. The van der Waals surface area contributed by atoms with Gasteiger partial charge < -0.3 is 24.8 Å². The molecular weight excluding hydrogens is 514 g/mol. The summed E-state index contributed by atoms with van der Waals surface area (Å²) >= 11 is 1.59. The van der Waals surface area contributed by atoms with Gasteiger partial charge in [-0.3, -0.25) is 4.79 Å². The van der Waals surface area contributed by atoms with Crippen LogP contribution in [-0.2, 0) is 4.79 Å². The highest BCUT2D eigenvalue weighted by atomic mass is 32.2. The van der Waals surface area contributed by atoms with Gasteiger partial charge in [0.25, 0.3) is 5.91 Å². The van der Waals surface area contributed by atoms with Crippen LogP contribution in [0.3, 0.4) is 0 Å². The van der Waals surface area contributed by atoms with Gasteiger partial charge in [0.2, 0.25) is 11.1 Å². The molecule has 208 valence electrons. The Morgan fingerprint density at radius 1 is 1.08 bits per heavy atom. The average Bonchev–Trinajstić information content (AvgIpc) is 3.31. The SMILES string of the molecule is CCCSc1nc2n(n1)C(c1ccc(OC(C)C)c(OCC)c1)C(C(=O)Nc1ccccc1OCC)=C(C)N2. The van der Waals surface area contributed by atoms with Gasteiger partial charge in [0.1, 0.15) is 11.8 Å². The number of carbonyl (C=O) groups excluding carboxylic acids is 1. The van der Waals surface area contributed by atoms with Crippen molar-refractivity contribution in [3.63, 3.8) is 0 Å². The van der Waals surface area contributed by atoms with Crippen molar-refractivity contribution >= 4 is 29.3 Å². The van der Waals surface area contributed by atoms with Gasteiger partial charge in [-0.05, 0) is 70.9 Å². The third-order valence-corrected chi connectivity index (χ3v) is 6.94. The molecule has 2 aromatic carbocycles. The first-order valence-electron chi connectivity index (χ1n) is 13.4. The number of carbonyl (C=O) groups is 1. The lowest BCUT2D eigenvalue weighted by Crippen LogP contribution is -2.31. The Labute approximate surface area is 234 Å². The van der Waals surface area contributed by atoms with E-state index < -0.39 is 6.04 Å². The highest BCUT2D eigenvalue weighted by Gasteiger charge is 2.35. The van der Waals surface area contributed by atoms with Crippen molar-refractivity contribution in [2.45, 2.75) is 65.3 Å². The number of hydrogen-bond acceptors (Lipinski definition) is 8. The molecule has 0 radical (unpaired) electrons. The van der Waals surface area contributed by atoms with Gasteiger partial charge in [0, 0.05) is 11.4 Å². The number of fused-ring (bicyclic) bond motifs is 1. The van der Waals surface area contributed by atoms with Gasteiger partial charge in [0.05, 0.1) is 30.6 Å². The smallest absolute Gasteiger partial charge is 0.255 e. The van der Waals surface area contributed by atoms with E-state index in [4.69, 9.17) is 24.3 Å². The summed E-state index contributed by atoms with van der Waals surface area (Å²) in [4.78, 5) is 18.7. The number of benzene rings is 2. The molecule has 0 saturated carbocycles. The number of nitrogens with zero attached hydrogens (tertiary/aromatic N) is 3. The maximum atomic E-state index is 13.9. The molecule has 10 heteroatoms. The lowest BCUT2D eigenvalue weighted by atomic mass is 9.94. The second kappa shape index (κ2) is 12.9. The molecule has 1 aromatic heterocycles. The van der Waals surface area contributed by atoms with E-state index in [9.17, 15) is 4.79 Å². The maximum absolute atomic E-state index is 13.9. The van der Waals surface area contributed by atoms with Crippen LogP contribution in [0.25, 0.3) is 0 Å². The highest BCUT2D eigenvalue weighted by molar-refractivity contribution is 7.99. The molecule has 1 amide bonds.